The van der Waals surface area contributed by atoms with Crippen molar-refractivity contribution in [3.63, 3.8) is 0 Å². The first-order chi connectivity index (χ1) is 14.0. The molecule has 1 aromatic heterocycles. The largest absolute Gasteiger partial charge is 0.462 e. The van der Waals surface area contributed by atoms with E-state index in [-0.39, 0.29) is 12.2 Å². The van der Waals surface area contributed by atoms with Crippen LogP contribution >= 0.6 is 11.6 Å². The van der Waals surface area contributed by atoms with Gasteiger partial charge < -0.3 is 13.9 Å². The molecule has 0 aliphatic rings. The SMILES string of the molecule is CCOC(=O)c1c(C)oc2c1cc(OC(=O)c1ccccc1Cl)c1ccccc12. The lowest BCUT2D eigenvalue weighted by Gasteiger charge is -2.10. The van der Waals surface area contributed by atoms with Crippen molar-refractivity contribution in [2.45, 2.75) is 13.8 Å². The van der Waals surface area contributed by atoms with Crippen LogP contribution in [0.5, 0.6) is 5.75 Å². The zero-order valence-electron chi connectivity index (χ0n) is 15.8. The highest BCUT2D eigenvalue weighted by Crippen LogP contribution is 2.38. The highest BCUT2D eigenvalue weighted by molar-refractivity contribution is 6.33. The third-order valence-electron chi connectivity index (χ3n) is 4.61. The van der Waals surface area contributed by atoms with E-state index >= 15 is 0 Å². The number of rotatable bonds is 4. The second-order valence-corrected chi connectivity index (χ2v) is 6.83. The first-order valence-electron chi connectivity index (χ1n) is 9.10. The molecule has 0 atom stereocenters. The van der Waals surface area contributed by atoms with Crippen LogP contribution in [0.25, 0.3) is 21.7 Å². The molecule has 0 unspecified atom stereocenters. The van der Waals surface area contributed by atoms with Gasteiger partial charge in [0.1, 0.15) is 22.7 Å². The summed E-state index contributed by atoms with van der Waals surface area (Å²) in [6, 6.07) is 15.7. The molecule has 0 spiro atoms. The summed E-state index contributed by atoms with van der Waals surface area (Å²) >= 11 is 6.13. The zero-order chi connectivity index (χ0) is 20.5. The van der Waals surface area contributed by atoms with Crippen LogP contribution in [0.4, 0.5) is 0 Å². The smallest absolute Gasteiger partial charge is 0.345 e. The summed E-state index contributed by atoms with van der Waals surface area (Å²) in [6.07, 6.45) is 0. The van der Waals surface area contributed by atoms with Gasteiger partial charge in [0.2, 0.25) is 0 Å². The molecule has 4 rings (SSSR count). The van der Waals surface area contributed by atoms with Gasteiger partial charge in [-0.1, -0.05) is 48.0 Å². The molecule has 0 amide bonds. The van der Waals surface area contributed by atoms with Gasteiger partial charge in [-0.05, 0) is 32.0 Å². The van der Waals surface area contributed by atoms with Crippen molar-refractivity contribution < 1.29 is 23.5 Å². The number of benzene rings is 3. The number of hydrogen-bond donors (Lipinski definition) is 0. The van der Waals surface area contributed by atoms with E-state index in [1.165, 1.54) is 0 Å². The Hall–Kier alpha value is -3.31. The molecule has 0 bridgehead atoms. The number of esters is 2. The Bertz CT molecular complexity index is 1260. The molecular weight excluding hydrogens is 392 g/mol. The Morgan fingerprint density at radius 1 is 0.966 bits per heavy atom. The summed E-state index contributed by atoms with van der Waals surface area (Å²) in [5.74, 6) is -0.317. The number of furan rings is 1. The number of fused-ring (bicyclic) bond motifs is 3. The maximum Gasteiger partial charge on any atom is 0.345 e. The molecule has 0 fully saturated rings. The van der Waals surface area contributed by atoms with Crippen LogP contribution in [0.3, 0.4) is 0 Å². The number of carbonyl (C=O) groups is 2. The maximum atomic E-state index is 12.7. The molecule has 0 N–H and O–H groups in total. The first kappa shape index (κ1) is 19.0. The van der Waals surface area contributed by atoms with Gasteiger partial charge >= 0.3 is 11.9 Å². The number of carbonyl (C=O) groups excluding carboxylic acids is 2. The Morgan fingerprint density at radius 2 is 1.66 bits per heavy atom. The van der Waals surface area contributed by atoms with Gasteiger partial charge in [0.15, 0.2) is 0 Å². The second-order valence-electron chi connectivity index (χ2n) is 6.42. The number of ether oxygens (including phenoxy) is 2. The Morgan fingerprint density at radius 3 is 2.38 bits per heavy atom. The molecule has 0 saturated heterocycles. The quantitative estimate of drug-likeness (QED) is 0.308. The molecule has 0 aliphatic heterocycles. The Balaban J connectivity index is 1.91. The summed E-state index contributed by atoms with van der Waals surface area (Å²) in [4.78, 5) is 25.2. The molecule has 1 heterocycles. The van der Waals surface area contributed by atoms with Gasteiger partial charge in [-0.15, -0.1) is 0 Å². The molecule has 3 aromatic carbocycles. The fourth-order valence-corrected chi connectivity index (χ4v) is 3.54. The van der Waals surface area contributed by atoms with Gasteiger partial charge in [-0.3, -0.25) is 0 Å². The van der Waals surface area contributed by atoms with Crippen molar-refractivity contribution in [1.29, 1.82) is 0 Å². The van der Waals surface area contributed by atoms with Crippen LogP contribution < -0.4 is 4.74 Å². The predicted octanol–water partition coefficient (Wildman–Crippen LogP) is 5.94. The first-order valence-corrected chi connectivity index (χ1v) is 9.47. The lowest BCUT2D eigenvalue weighted by molar-refractivity contribution is 0.0526. The van der Waals surface area contributed by atoms with Gasteiger partial charge in [-0.25, -0.2) is 9.59 Å². The standard InChI is InChI=1S/C23H17ClO5/c1-3-27-23(26)20-13(2)28-21-15-9-5-4-8-14(15)19(12-17(20)21)29-22(25)16-10-6-7-11-18(16)24/h4-12H,3H2,1-2H3. The van der Waals surface area contributed by atoms with E-state index in [1.807, 2.05) is 24.3 Å². The summed E-state index contributed by atoms with van der Waals surface area (Å²) < 4.78 is 16.7. The van der Waals surface area contributed by atoms with Crippen molar-refractivity contribution in [2.75, 3.05) is 6.61 Å². The molecule has 4 aromatic rings. The van der Waals surface area contributed by atoms with Crippen molar-refractivity contribution in [3.05, 3.63) is 76.5 Å². The lowest BCUT2D eigenvalue weighted by atomic mass is 10.0. The number of halogens is 1. The number of aryl methyl sites for hydroxylation is 1. The molecular formula is C23H17ClO5. The summed E-state index contributed by atoms with van der Waals surface area (Å²) in [5.41, 5.74) is 1.12. The normalized spacial score (nSPS) is 11.0. The maximum absolute atomic E-state index is 12.7. The summed E-state index contributed by atoms with van der Waals surface area (Å²) in [6.45, 7) is 3.69. The topological polar surface area (TPSA) is 65.7 Å². The predicted molar refractivity (Wildman–Crippen MR) is 111 cm³/mol. The fraction of sp³-hybridized carbons (Fsp3) is 0.130. The summed E-state index contributed by atoms with van der Waals surface area (Å²) in [5, 5.41) is 2.24. The van der Waals surface area contributed by atoms with Gasteiger partial charge in [0.05, 0.1) is 17.2 Å². The molecule has 0 aliphatic carbocycles. The van der Waals surface area contributed by atoms with E-state index in [9.17, 15) is 9.59 Å². The minimum atomic E-state index is -0.585. The zero-order valence-corrected chi connectivity index (χ0v) is 16.6. The van der Waals surface area contributed by atoms with Crippen LogP contribution in [-0.4, -0.2) is 18.5 Å². The molecule has 0 saturated carbocycles. The van der Waals surface area contributed by atoms with Crippen molar-refractivity contribution in [1.82, 2.24) is 0 Å². The van der Waals surface area contributed by atoms with Crippen molar-refractivity contribution >= 4 is 45.3 Å². The second kappa shape index (κ2) is 7.60. The minimum absolute atomic E-state index is 0.243. The molecule has 5 nitrogen and oxygen atoms in total. The van der Waals surface area contributed by atoms with Gasteiger partial charge in [-0.2, -0.15) is 0 Å². The molecule has 6 heteroatoms. The average Bonchev–Trinajstić information content (AvgIpc) is 3.04. The molecule has 29 heavy (non-hydrogen) atoms. The van der Waals surface area contributed by atoms with Crippen LogP contribution in [-0.2, 0) is 4.74 Å². The van der Waals surface area contributed by atoms with Crippen molar-refractivity contribution in [2.24, 2.45) is 0 Å². The van der Waals surface area contributed by atoms with Gasteiger partial charge in [0, 0.05) is 16.2 Å². The number of hydrogen-bond acceptors (Lipinski definition) is 5. The van der Waals surface area contributed by atoms with Crippen molar-refractivity contribution in [3.8, 4) is 5.75 Å². The lowest BCUT2D eigenvalue weighted by Crippen LogP contribution is -2.09. The van der Waals surface area contributed by atoms with E-state index in [1.54, 1.807) is 44.2 Å². The van der Waals surface area contributed by atoms with Gasteiger partial charge in [0.25, 0.3) is 0 Å². The van der Waals surface area contributed by atoms with E-state index in [0.29, 0.717) is 38.5 Å². The van der Waals surface area contributed by atoms with E-state index in [4.69, 9.17) is 25.5 Å². The monoisotopic (exact) mass is 408 g/mol. The van der Waals surface area contributed by atoms with E-state index in [2.05, 4.69) is 0 Å². The van der Waals surface area contributed by atoms with E-state index in [0.717, 1.165) is 5.39 Å². The Labute approximate surface area is 171 Å². The van der Waals surface area contributed by atoms with Crippen LogP contribution in [0, 0.1) is 6.92 Å². The molecule has 146 valence electrons. The summed E-state index contributed by atoms with van der Waals surface area (Å²) in [7, 11) is 0. The highest BCUT2D eigenvalue weighted by atomic mass is 35.5. The molecule has 0 radical (unpaired) electrons. The van der Waals surface area contributed by atoms with Crippen LogP contribution in [0.1, 0.15) is 33.4 Å². The minimum Gasteiger partial charge on any atom is -0.462 e. The third-order valence-corrected chi connectivity index (χ3v) is 4.94. The average molecular weight is 409 g/mol. The van der Waals surface area contributed by atoms with Crippen LogP contribution in [0.2, 0.25) is 5.02 Å². The highest BCUT2D eigenvalue weighted by Gasteiger charge is 2.23. The fourth-order valence-electron chi connectivity index (χ4n) is 3.33. The third kappa shape index (κ3) is 3.34. The van der Waals surface area contributed by atoms with E-state index < -0.39 is 11.9 Å². The van der Waals surface area contributed by atoms with Crippen LogP contribution in [0.15, 0.2) is 59.0 Å². The Kier molecular flexibility index (Phi) is 4.99.